The van der Waals surface area contributed by atoms with Gasteiger partial charge in [0.2, 0.25) is 5.89 Å². The maximum atomic E-state index is 6.11. The van der Waals surface area contributed by atoms with Gasteiger partial charge in [-0.2, -0.15) is 4.98 Å². The van der Waals surface area contributed by atoms with Crippen molar-refractivity contribution in [1.82, 2.24) is 10.1 Å². The van der Waals surface area contributed by atoms with Crippen LogP contribution in [0.3, 0.4) is 0 Å². The van der Waals surface area contributed by atoms with Crippen LogP contribution in [0.5, 0.6) is 5.75 Å². The molecule has 1 atom stereocenters. The molecule has 0 saturated heterocycles. The molecular formula is C15H21N3O2. The zero-order valence-electron chi connectivity index (χ0n) is 12.4. The zero-order valence-corrected chi connectivity index (χ0v) is 12.4. The highest BCUT2D eigenvalue weighted by Crippen LogP contribution is 2.29. The summed E-state index contributed by atoms with van der Waals surface area (Å²) >= 11 is 0. The molecule has 1 heterocycles. The van der Waals surface area contributed by atoms with Crippen molar-refractivity contribution in [2.45, 2.75) is 33.2 Å². The van der Waals surface area contributed by atoms with E-state index >= 15 is 0 Å². The number of hydrogen-bond acceptors (Lipinski definition) is 5. The number of hydrogen-bond donors (Lipinski definition) is 1. The second-order valence-corrected chi connectivity index (χ2v) is 5.88. The van der Waals surface area contributed by atoms with Crippen LogP contribution in [0.4, 0.5) is 0 Å². The average Bonchev–Trinajstić information content (AvgIpc) is 2.86. The van der Waals surface area contributed by atoms with Crippen molar-refractivity contribution in [2.24, 2.45) is 11.1 Å². The Bertz CT molecular complexity index is 572. The Balaban J connectivity index is 2.18. The van der Waals surface area contributed by atoms with Gasteiger partial charge in [0.15, 0.2) is 5.82 Å². The van der Waals surface area contributed by atoms with Gasteiger partial charge in [0.05, 0.1) is 13.2 Å². The Labute approximate surface area is 119 Å². The summed E-state index contributed by atoms with van der Waals surface area (Å²) in [6.45, 7) is 6.13. The zero-order chi connectivity index (χ0) is 14.8. The van der Waals surface area contributed by atoms with Gasteiger partial charge in [-0.25, -0.2) is 0 Å². The Hall–Kier alpha value is -1.88. The van der Waals surface area contributed by atoms with Gasteiger partial charge in [0.1, 0.15) is 5.75 Å². The number of nitrogens with zero attached hydrogens (tertiary/aromatic N) is 2. The highest BCUT2D eigenvalue weighted by molar-refractivity contribution is 5.35. The molecule has 5 nitrogen and oxygen atoms in total. The average molecular weight is 275 g/mol. The first kappa shape index (κ1) is 14.5. The van der Waals surface area contributed by atoms with Crippen molar-refractivity contribution >= 4 is 0 Å². The van der Waals surface area contributed by atoms with Crippen LogP contribution in [-0.2, 0) is 6.42 Å². The number of ether oxygens (including phenoxy) is 1. The number of aromatic nitrogens is 2. The van der Waals surface area contributed by atoms with Crippen LogP contribution in [0.2, 0.25) is 0 Å². The SMILES string of the molecule is COc1ccccc1Cc1noc([C@@H](N)C(C)(C)C)n1. The van der Waals surface area contributed by atoms with E-state index < -0.39 is 0 Å². The fourth-order valence-electron chi connectivity index (χ4n) is 1.86. The summed E-state index contributed by atoms with van der Waals surface area (Å²) in [7, 11) is 1.65. The number of nitrogens with two attached hydrogens (primary N) is 1. The molecule has 2 N–H and O–H groups in total. The molecule has 5 heteroatoms. The summed E-state index contributed by atoms with van der Waals surface area (Å²) in [6, 6.07) is 7.51. The smallest absolute Gasteiger partial charge is 0.244 e. The maximum absolute atomic E-state index is 6.11. The van der Waals surface area contributed by atoms with E-state index in [1.165, 1.54) is 0 Å². The molecule has 1 aromatic heterocycles. The van der Waals surface area contributed by atoms with E-state index in [4.69, 9.17) is 15.0 Å². The minimum atomic E-state index is -0.276. The van der Waals surface area contributed by atoms with Crippen LogP contribution >= 0.6 is 0 Å². The lowest BCUT2D eigenvalue weighted by atomic mass is 9.87. The van der Waals surface area contributed by atoms with E-state index in [9.17, 15) is 0 Å². The van der Waals surface area contributed by atoms with Gasteiger partial charge < -0.3 is 15.0 Å². The molecule has 0 aliphatic carbocycles. The van der Waals surface area contributed by atoms with Crippen LogP contribution in [0.1, 0.15) is 44.1 Å². The molecule has 2 rings (SSSR count). The number of para-hydroxylation sites is 1. The molecule has 0 bridgehead atoms. The summed E-state index contributed by atoms with van der Waals surface area (Å²) in [5.74, 6) is 1.91. The first-order valence-electron chi connectivity index (χ1n) is 6.62. The first-order valence-corrected chi connectivity index (χ1v) is 6.62. The molecule has 0 aliphatic rings. The monoisotopic (exact) mass is 275 g/mol. The lowest BCUT2D eigenvalue weighted by Gasteiger charge is -2.23. The Morgan fingerprint density at radius 1 is 1.30 bits per heavy atom. The molecule has 0 unspecified atom stereocenters. The van der Waals surface area contributed by atoms with Crippen molar-refractivity contribution in [3.63, 3.8) is 0 Å². The fraction of sp³-hybridized carbons (Fsp3) is 0.467. The van der Waals surface area contributed by atoms with Gasteiger partial charge in [-0.1, -0.05) is 44.1 Å². The Morgan fingerprint density at radius 3 is 2.65 bits per heavy atom. The minimum absolute atomic E-state index is 0.117. The van der Waals surface area contributed by atoms with Gasteiger partial charge in [0, 0.05) is 12.0 Å². The lowest BCUT2D eigenvalue weighted by Crippen LogP contribution is -2.26. The third kappa shape index (κ3) is 3.17. The first-order chi connectivity index (χ1) is 9.41. The van der Waals surface area contributed by atoms with E-state index in [2.05, 4.69) is 10.1 Å². The van der Waals surface area contributed by atoms with Crippen LogP contribution in [-0.4, -0.2) is 17.3 Å². The van der Waals surface area contributed by atoms with Gasteiger partial charge >= 0.3 is 0 Å². The molecule has 0 aliphatic heterocycles. The molecule has 108 valence electrons. The lowest BCUT2D eigenvalue weighted by molar-refractivity contribution is 0.252. The van der Waals surface area contributed by atoms with Gasteiger partial charge in [-0.3, -0.25) is 0 Å². The topological polar surface area (TPSA) is 74.2 Å². The molecule has 0 amide bonds. The van der Waals surface area contributed by atoms with E-state index in [1.54, 1.807) is 7.11 Å². The predicted octanol–water partition coefficient (Wildman–Crippen LogP) is 2.71. The van der Waals surface area contributed by atoms with Crippen LogP contribution in [0.15, 0.2) is 28.8 Å². The van der Waals surface area contributed by atoms with Crippen LogP contribution in [0, 0.1) is 5.41 Å². The van der Waals surface area contributed by atoms with Crippen molar-refractivity contribution in [1.29, 1.82) is 0 Å². The van der Waals surface area contributed by atoms with Crippen LogP contribution in [0.25, 0.3) is 0 Å². The Morgan fingerprint density at radius 2 is 2.00 bits per heavy atom. The van der Waals surface area contributed by atoms with Crippen molar-refractivity contribution in [3.8, 4) is 5.75 Å². The standard InChI is InChI=1S/C15H21N3O2/c1-15(2,3)13(16)14-17-12(18-20-14)9-10-7-5-6-8-11(10)19-4/h5-8,13H,9,16H2,1-4H3/t13-/m1/s1. The second-order valence-electron chi connectivity index (χ2n) is 5.88. The van der Waals surface area contributed by atoms with Gasteiger partial charge in [-0.05, 0) is 11.5 Å². The highest BCUT2D eigenvalue weighted by Gasteiger charge is 2.27. The summed E-state index contributed by atoms with van der Waals surface area (Å²) < 4.78 is 10.6. The maximum Gasteiger partial charge on any atom is 0.244 e. The van der Waals surface area contributed by atoms with Crippen molar-refractivity contribution in [3.05, 3.63) is 41.5 Å². The number of benzene rings is 1. The number of methoxy groups -OCH3 is 1. The number of rotatable bonds is 4. The minimum Gasteiger partial charge on any atom is -0.496 e. The molecule has 0 fully saturated rings. The molecule has 20 heavy (non-hydrogen) atoms. The Kier molecular flexibility index (Phi) is 4.09. The third-order valence-corrected chi connectivity index (χ3v) is 3.22. The second kappa shape index (κ2) is 5.63. The van der Waals surface area contributed by atoms with Crippen LogP contribution < -0.4 is 10.5 Å². The fourth-order valence-corrected chi connectivity index (χ4v) is 1.86. The molecule has 0 spiro atoms. The summed E-state index contributed by atoms with van der Waals surface area (Å²) in [4.78, 5) is 4.39. The van der Waals surface area contributed by atoms with E-state index in [0.717, 1.165) is 11.3 Å². The van der Waals surface area contributed by atoms with Crippen molar-refractivity contribution < 1.29 is 9.26 Å². The van der Waals surface area contributed by atoms with E-state index in [1.807, 2.05) is 45.0 Å². The summed E-state index contributed by atoms with van der Waals surface area (Å²) in [5, 5.41) is 4.00. The quantitative estimate of drug-likeness (QED) is 0.928. The largest absolute Gasteiger partial charge is 0.496 e. The normalized spacial score (nSPS) is 13.2. The predicted molar refractivity (Wildman–Crippen MR) is 76.5 cm³/mol. The van der Waals surface area contributed by atoms with E-state index in [0.29, 0.717) is 18.1 Å². The molecule has 1 aromatic carbocycles. The summed E-state index contributed by atoms with van der Waals surface area (Å²) in [5.41, 5.74) is 7.02. The third-order valence-electron chi connectivity index (χ3n) is 3.22. The van der Waals surface area contributed by atoms with Gasteiger partial charge in [-0.15, -0.1) is 0 Å². The molecular weight excluding hydrogens is 254 g/mol. The molecule has 0 saturated carbocycles. The van der Waals surface area contributed by atoms with Gasteiger partial charge in [0.25, 0.3) is 0 Å². The highest BCUT2D eigenvalue weighted by atomic mass is 16.5. The van der Waals surface area contributed by atoms with E-state index in [-0.39, 0.29) is 11.5 Å². The van der Waals surface area contributed by atoms with Crippen molar-refractivity contribution in [2.75, 3.05) is 7.11 Å². The molecule has 2 aromatic rings. The molecule has 0 radical (unpaired) electrons. The summed E-state index contributed by atoms with van der Waals surface area (Å²) in [6.07, 6.45) is 0.560.